The summed E-state index contributed by atoms with van der Waals surface area (Å²) in [5.74, 6) is -0.593. The second-order valence-corrected chi connectivity index (χ2v) is 4.28. The SMILES string of the molecule is CCOC1CC(Nc2c(F)cccc2[N+](=O)[O-])C1. The number of para-hydroxylation sites is 1. The molecule has 1 fully saturated rings. The van der Waals surface area contributed by atoms with Gasteiger partial charge in [-0.05, 0) is 25.8 Å². The number of halogens is 1. The van der Waals surface area contributed by atoms with E-state index in [1.165, 1.54) is 18.2 Å². The van der Waals surface area contributed by atoms with Crippen LogP contribution in [0.3, 0.4) is 0 Å². The van der Waals surface area contributed by atoms with E-state index in [1.807, 2.05) is 6.92 Å². The molecule has 0 aliphatic heterocycles. The lowest BCUT2D eigenvalue weighted by atomic mass is 9.89. The number of anilines is 1. The Hall–Kier alpha value is -1.69. The van der Waals surface area contributed by atoms with Crippen molar-refractivity contribution in [3.05, 3.63) is 34.1 Å². The molecule has 1 aromatic rings. The Bertz CT molecular complexity index is 447. The topological polar surface area (TPSA) is 64.4 Å². The average molecular weight is 254 g/mol. The van der Waals surface area contributed by atoms with Gasteiger partial charge in [0.25, 0.3) is 5.69 Å². The Labute approximate surface area is 104 Å². The number of benzene rings is 1. The molecule has 0 unspecified atom stereocenters. The van der Waals surface area contributed by atoms with E-state index in [0.717, 1.165) is 12.8 Å². The summed E-state index contributed by atoms with van der Waals surface area (Å²) in [6.07, 6.45) is 1.68. The molecule has 1 aromatic carbocycles. The van der Waals surface area contributed by atoms with Crippen molar-refractivity contribution in [2.45, 2.75) is 31.9 Å². The van der Waals surface area contributed by atoms with Crippen molar-refractivity contribution in [2.75, 3.05) is 11.9 Å². The Morgan fingerprint density at radius 2 is 2.28 bits per heavy atom. The molecule has 0 aromatic heterocycles. The summed E-state index contributed by atoms with van der Waals surface area (Å²) in [4.78, 5) is 10.2. The van der Waals surface area contributed by atoms with Crippen LogP contribution in [0.1, 0.15) is 19.8 Å². The van der Waals surface area contributed by atoms with Crippen LogP contribution in [0.4, 0.5) is 15.8 Å². The molecular formula is C12H15FN2O3. The summed E-state index contributed by atoms with van der Waals surface area (Å²) in [6, 6.07) is 3.89. The predicted molar refractivity (Wildman–Crippen MR) is 65.1 cm³/mol. The standard InChI is InChI=1S/C12H15FN2O3/c1-2-18-9-6-8(7-9)14-12-10(13)4-3-5-11(12)15(16)17/h3-5,8-9,14H,2,6-7H2,1H3. The fourth-order valence-electron chi connectivity index (χ4n) is 2.07. The molecule has 1 aliphatic carbocycles. The molecule has 0 heterocycles. The average Bonchev–Trinajstić information content (AvgIpc) is 2.28. The molecule has 0 spiro atoms. The molecule has 0 atom stereocenters. The third-order valence-corrected chi connectivity index (χ3v) is 3.03. The Kier molecular flexibility index (Phi) is 3.76. The van der Waals surface area contributed by atoms with Crippen molar-refractivity contribution in [1.29, 1.82) is 0 Å². The van der Waals surface area contributed by atoms with Crippen LogP contribution in [-0.2, 0) is 4.74 Å². The largest absolute Gasteiger partial charge is 0.378 e. The van der Waals surface area contributed by atoms with Gasteiger partial charge >= 0.3 is 0 Å². The zero-order valence-electron chi connectivity index (χ0n) is 10.1. The second-order valence-electron chi connectivity index (χ2n) is 4.28. The van der Waals surface area contributed by atoms with Gasteiger partial charge in [-0.25, -0.2) is 4.39 Å². The van der Waals surface area contributed by atoms with Gasteiger partial charge < -0.3 is 10.1 Å². The van der Waals surface area contributed by atoms with Gasteiger partial charge in [-0.2, -0.15) is 0 Å². The minimum Gasteiger partial charge on any atom is -0.378 e. The number of ether oxygens (including phenoxy) is 1. The quantitative estimate of drug-likeness (QED) is 0.648. The Morgan fingerprint density at radius 3 is 2.89 bits per heavy atom. The molecule has 0 radical (unpaired) electrons. The van der Waals surface area contributed by atoms with Crippen LogP contribution in [0, 0.1) is 15.9 Å². The minimum atomic E-state index is -0.593. The molecule has 1 saturated carbocycles. The normalized spacial score (nSPS) is 22.3. The zero-order valence-corrected chi connectivity index (χ0v) is 10.1. The van der Waals surface area contributed by atoms with Crippen LogP contribution < -0.4 is 5.32 Å². The van der Waals surface area contributed by atoms with Crippen molar-refractivity contribution in [2.24, 2.45) is 0 Å². The Morgan fingerprint density at radius 1 is 1.56 bits per heavy atom. The van der Waals surface area contributed by atoms with Crippen molar-refractivity contribution in [1.82, 2.24) is 0 Å². The highest BCUT2D eigenvalue weighted by atomic mass is 19.1. The highest BCUT2D eigenvalue weighted by Crippen LogP contribution is 2.32. The van der Waals surface area contributed by atoms with Gasteiger partial charge in [0.15, 0.2) is 5.82 Å². The van der Waals surface area contributed by atoms with Crippen LogP contribution in [0.15, 0.2) is 18.2 Å². The van der Waals surface area contributed by atoms with Crippen LogP contribution in [0.2, 0.25) is 0 Å². The monoisotopic (exact) mass is 254 g/mol. The smallest absolute Gasteiger partial charge is 0.295 e. The van der Waals surface area contributed by atoms with Gasteiger partial charge in [0.05, 0.1) is 11.0 Å². The van der Waals surface area contributed by atoms with E-state index in [-0.39, 0.29) is 23.5 Å². The Balaban J connectivity index is 2.04. The van der Waals surface area contributed by atoms with Crippen molar-refractivity contribution >= 4 is 11.4 Å². The first kappa shape index (κ1) is 12.8. The summed E-state index contributed by atoms with van der Waals surface area (Å²) in [5.41, 5.74) is -0.252. The molecule has 98 valence electrons. The van der Waals surface area contributed by atoms with Crippen molar-refractivity contribution in [3.63, 3.8) is 0 Å². The van der Waals surface area contributed by atoms with E-state index in [1.54, 1.807) is 0 Å². The molecule has 0 amide bonds. The fourth-order valence-corrected chi connectivity index (χ4v) is 2.07. The summed E-state index contributed by atoms with van der Waals surface area (Å²) < 4.78 is 19.0. The first-order valence-electron chi connectivity index (χ1n) is 5.92. The molecule has 0 bridgehead atoms. The summed E-state index contributed by atoms with van der Waals surface area (Å²) in [5, 5.41) is 13.7. The fraction of sp³-hybridized carbons (Fsp3) is 0.500. The minimum absolute atomic E-state index is 0.0255. The summed E-state index contributed by atoms with van der Waals surface area (Å²) in [7, 11) is 0. The lowest BCUT2D eigenvalue weighted by molar-refractivity contribution is -0.384. The molecule has 0 saturated heterocycles. The van der Waals surface area contributed by atoms with Crippen molar-refractivity contribution < 1.29 is 14.1 Å². The van der Waals surface area contributed by atoms with Gasteiger partial charge in [0.2, 0.25) is 0 Å². The van der Waals surface area contributed by atoms with Gasteiger partial charge in [0, 0.05) is 18.7 Å². The van der Waals surface area contributed by atoms with Crippen LogP contribution in [0.5, 0.6) is 0 Å². The maximum Gasteiger partial charge on any atom is 0.295 e. The lowest BCUT2D eigenvalue weighted by Crippen LogP contribution is -2.41. The molecule has 6 heteroatoms. The number of rotatable bonds is 5. The molecule has 2 rings (SSSR count). The van der Waals surface area contributed by atoms with E-state index in [2.05, 4.69) is 5.32 Å². The van der Waals surface area contributed by atoms with Crippen LogP contribution in [0.25, 0.3) is 0 Å². The number of nitro groups is 1. The number of hydrogen-bond acceptors (Lipinski definition) is 4. The molecular weight excluding hydrogens is 239 g/mol. The van der Waals surface area contributed by atoms with E-state index >= 15 is 0 Å². The second kappa shape index (κ2) is 5.30. The third-order valence-electron chi connectivity index (χ3n) is 3.03. The highest BCUT2D eigenvalue weighted by molar-refractivity contribution is 5.62. The van der Waals surface area contributed by atoms with Crippen LogP contribution >= 0.6 is 0 Å². The predicted octanol–water partition coefficient (Wildman–Crippen LogP) is 2.71. The number of hydrogen-bond donors (Lipinski definition) is 1. The van der Waals surface area contributed by atoms with E-state index in [4.69, 9.17) is 4.74 Å². The number of nitro benzene ring substituents is 1. The van der Waals surface area contributed by atoms with Crippen LogP contribution in [-0.4, -0.2) is 23.7 Å². The van der Waals surface area contributed by atoms with Gasteiger partial charge in [-0.3, -0.25) is 10.1 Å². The van der Waals surface area contributed by atoms with Gasteiger partial charge in [0.1, 0.15) is 5.69 Å². The van der Waals surface area contributed by atoms with Crippen molar-refractivity contribution in [3.8, 4) is 0 Å². The zero-order chi connectivity index (χ0) is 13.1. The summed E-state index contributed by atoms with van der Waals surface area (Å²) >= 11 is 0. The molecule has 5 nitrogen and oxygen atoms in total. The van der Waals surface area contributed by atoms with Gasteiger partial charge in [-0.15, -0.1) is 0 Å². The maximum absolute atomic E-state index is 13.6. The van der Waals surface area contributed by atoms with E-state index < -0.39 is 10.7 Å². The van der Waals surface area contributed by atoms with E-state index in [0.29, 0.717) is 6.61 Å². The maximum atomic E-state index is 13.6. The van der Waals surface area contributed by atoms with Gasteiger partial charge in [-0.1, -0.05) is 6.07 Å². The molecule has 1 aliphatic rings. The first-order valence-corrected chi connectivity index (χ1v) is 5.92. The third kappa shape index (κ3) is 2.59. The molecule has 1 N–H and O–H groups in total. The molecule has 18 heavy (non-hydrogen) atoms. The summed E-state index contributed by atoms with van der Waals surface area (Å²) in [6.45, 7) is 2.57. The number of nitrogens with zero attached hydrogens (tertiary/aromatic N) is 1. The lowest BCUT2D eigenvalue weighted by Gasteiger charge is -2.35. The highest BCUT2D eigenvalue weighted by Gasteiger charge is 2.31. The van der Waals surface area contributed by atoms with E-state index in [9.17, 15) is 14.5 Å². The first-order chi connectivity index (χ1) is 8.61. The number of nitrogens with one attached hydrogen (secondary N) is 1.